The quantitative estimate of drug-likeness (QED) is 0.400. The molecule has 11 heteroatoms. The summed E-state index contributed by atoms with van der Waals surface area (Å²) >= 11 is 6.42. The minimum Gasteiger partial charge on any atom is -0.493 e. The van der Waals surface area contributed by atoms with Gasteiger partial charge < -0.3 is 15.2 Å². The van der Waals surface area contributed by atoms with E-state index in [2.05, 4.69) is 19.9 Å². The molecule has 4 rings (SSSR count). The van der Waals surface area contributed by atoms with Crippen molar-refractivity contribution in [1.29, 1.82) is 0 Å². The van der Waals surface area contributed by atoms with Gasteiger partial charge in [-0.25, -0.2) is 13.4 Å². The van der Waals surface area contributed by atoms with E-state index in [1.807, 2.05) is 0 Å². The first-order valence-electron chi connectivity index (χ1n) is 8.98. The number of pyridine rings is 1. The zero-order valence-corrected chi connectivity index (χ0v) is 18.1. The molecule has 160 valence electrons. The summed E-state index contributed by atoms with van der Waals surface area (Å²) in [6.45, 7) is 0. The topological polar surface area (TPSA) is 132 Å². The molecule has 9 nitrogen and oxygen atoms in total. The molecule has 4 N–H and O–H groups in total. The van der Waals surface area contributed by atoms with Gasteiger partial charge in [-0.2, -0.15) is 5.10 Å². The summed E-state index contributed by atoms with van der Waals surface area (Å²) in [6.07, 6.45) is 0. The number of rotatable bonds is 6. The molecule has 0 saturated heterocycles. The average Bonchev–Trinajstić information content (AvgIpc) is 3.13. The number of nitrogens with one attached hydrogen (secondary N) is 2. The Bertz CT molecular complexity index is 1390. The standard InChI is InChI=1S/C20H18ClN5O4S/c1-29-17-8-4-12(10-18(17)30-2)31(27,28)26-11-3-5-13(14(21)9-11)15-6-7-16-19(23-15)20(22)25-24-16/h3-10,26H,1-2H3,(H3,22,24,25). The van der Waals surface area contributed by atoms with Crippen LogP contribution in [0.5, 0.6) is 11.5 Å². The van der Waals surface area contributed by atoms with Gasteiger partial charge in [-0.1, -0.05) is 11.6 Å². The van der Waals surface area contributed by atoms with Crippen LogP contribution in [-0.4, -0.2) is 37.8 Å². The van der Waals surface area contributed by atoms with Gasteiger partial charge in [0.2, 0.25) is 0 Å². The maximum atomic E-state index is 12.8. The van der Waals surface area contributed by atoms with E-state index in [1.165, 1.54) is 38.5 Å². The number of ether oxygens (including phenoxy) is 2. The Morgan fingerprint density at radius 1 is 1.03 bits per heavy atom. The number of sulfonamides is 1. The van der Waals surface area contributed by atoms with Crippen LogP contribution in [-0.2, 0) is 10.0 Å². The number of halogens is 1. The second-order valence-electron chi connectivity index (χ2n) is 6.52. The van der Waals surface area contributed by atoms with Crippen LogP contribution in [0.1, 0.15) is 0 Å². The van der Waals surface area contributed by atoms with Crippen LogP contribution >= 0.6 is 11.6 Å². The molecule has 2 aromatic heterocycles. The number of hydrogen-bond donors (Lipinski definition) is 3. The summed E-state index contributed by atoms with van der Waals surface area (Å²) in [7, 11) is -0.974. The third-order valence-electron chi connectivity index (χ3n) is 4.60. The van der Waals surface area contributed by atoms with E-state index in [-0.39, 0.29) is 10.7 Å². The first-order valence-corrected chi connectivity index (χ1v) is 10.8. The summed E-state index contributed by atoms with van der Waals surface area (Å²) in [5.74, 6) is 1.02. The largest absolute Gasteiger partial charge is 0.493 e. The van der Waals surface area contributed by atoms with E-state index in [0.29, 0.717) is 44.5 Å². The van der Waals surface area contributed by atoms with Crippen molar-refractivity contribution in [3.05, 3.63) is 53.6 Å². The Hall–Kier alpha value is -3.50. The van der Waals surface area contributed by atoms with E-state index in [0.717, 1.165) is 0 Å². The van der Waals surface area contributed by atoms with Crippen molar-refractivity contribution in [2.24, 2.45) is 0 Å². The van der Waals surface area contributed by atoms with Crippen LogP contribution in [0.15, 0.2) is 53.4 Å². The lowest BCUT2D eigenvalue weighted by Crippen LogP contribution is -2.13. The predicted octanol–water partition coefficient (Wildman–Crippen LogP) is 3.68. The van der Waals surface area contributed by atoms with Gasteiger partial charge >= 0.3 is 0 Å². The fourth-order valence-corrected chi connectivity index (χ4v) is 4.39. The molecule has 0 aliphatic heterocycles. The lowest BCUT2D eigenvalue weighted by Gasteiger charge is -2.12. The van der Waals surface area contributed by atoms with Crippen molar-refractivity contribution in [1.82, 2.24) is 15.2 Å². The van der Waals surface area contributed by atoms with Crippen molar-refractivity contribution in [3.8, 4) is 22.8 Å². The SMILES string of the molecule is COc1ccc(S(=O)(=O)Nc2ccc(-c3ccc4[nH]nc(N)c4n3)c(Cl)c2)cc1OC. The maximum Gasteiger partial charge on any atom is 0.262 e. The first kappa shape index (κ1) is 20.8. The number of hydrogen-bond acceptors (Lipinski definition) is 7. The molecular formula is C20H18ClN5O4S. The molecule has 0 radical (unpaired) electrons. The molecule has 2 heterocycles. The Kier molecular flexibility index (Phi) is 5.34. The molecule has 0 bridgehead atoms. The van der Waals surface area contributed by atoms with Crippen LogP contribution in [0.4, 0.5) is 11.5 Å². The number of aromatic nitrogens is 3. The van der Waals surface area contributed by atoms with Gasteiger partial charge in [0.15, 0.2) is 17.3 Å². The van der Waals surface area contributed by atoms with Crippen molar-refractivity contribution in [3.63, 3.8) is 0 Å². The Labute approximate surface area is 183 Å². The minimum absolute atomic E-state index is 0.0212. The molecule has 0 aliphatic carbocycles. The van der Waals surface area contributed by atoms with Crippen molar-refractivity contribution in [2.75, 3.05) is 24.7 Å². The van der Waals surface area contributed by atoms with E-state index in [1.54, 1.807) is 24.3 Å². The van der Waals surface area contributed by atoms with Gasteiger partial charge in [-0.15, -0.1) is 0 Å². The number of aromatic amines is 1. The number of H-pyrrole nitrogens is 1. The van der Waals surface area contributed by atoms with Crippen molar-refractivity contribution in [2.45, 2.75) is 4.90 Å². The normalized spacial score (nSPS) is 11.5. The molecule has 0 amide bonds. The highest BCUT2D eigenvalue weighted by Crippen LogP contribution is 2.33. The Morgan fingerprint density at radius 2 is 1.81 bits per heavy atom. The average molecular weight is 460 g/mol. The summed E-state index contributed by atoms with van der Waals surface area (Å²) in [4.78, 5) is 4.51. The smallest absolute Gasteiger partial charge is 0.262 e. The van der Waals surface area contributed by atoms with E-state index in [4.69, 9.17) is 26.8 Å². The molecule has 0 atom stereocenters. The maximum absolute atomic E-state index is 12.8. The Balaban J connectivity index is 1.64. The number of nitrogens with zero attached hydrogens (tertiary/aromatic N) is 2. The molecule has 2 aromatic carbocycles. The molecule has 0 spiro atoms. The van der Waals surface area contributed by atoms with Crippen LogP contribution in [0.25, 0.3) is 22.3 Å². The van der Waals surface area contributed by atoms with E-state index in [9.17, 15) is 8.42 Å². The molecule has 31 heavy (non-hydrogen) atoms. The van der Waals surface area contributed by atoms with Gasteiger partial charge in [0.05, 0.1) is 41.0 Å². The van der Waals surface area contributed by atoms with E-state index >= 15 is 0 Å². The highest BCUT2D eigenvalue weighted by atomic mass is 35.5. The molecule has 0 saturated carbocycles. The fourth-order valence-electron chi connectivity index (χ4n) is 3.05. The zero-order valence-electron chi connectivity index (χ0n) is 16.5. The minimum atomic E-state index is -3.88. The van der Waals surface area contributed by atoms with Gasteiger partial charge in [0, 0.05) is 11.6 Å². The second-order valence-corrected chi connectivity index (χ2v) is 8.61. The summed E-state index contributed by atoms with van der Waals surface area (Å²) in [6, 6.07) is 12.7. The summed E-state index contributed by atoms with van der Waals surface area (Å²) in [5.41, 5.74) is 8.56. The molecular weight excluding hydrogens is 442 g/mol. The Morgan fingerprint density at radius 3 is 2.52 bits per heavy atom. The highest BCUT2D eigenvalue weighted by Gasteiger charge is 2.18. The highest BCUT2D eigenvalue weighted by molar-refractivity contribution is 7.92. The van der Waals surface area contributed by atoms with Crippen molar-refractivity contribution >= 4 is 44.2 Å². The number of fused-ring (bicyclic) bond motifs is 1. The first-order chi connectivity index (χ1) is 14.8. The number of nitrogen functional groups attached to an aromatic ring is 1. The number of nitrogens with two attached hydrogens (primary N) is 1. The van der Waals surface area contributed by atoms with Gasteiger partial charge in [-0.3, -0.25) is 9.82 Å². The molecule has 0 unspecified atom stereocenters. The van der Waals surface area contributed by atoms with Gasteiger partial charge in [0.25, 0.3) is 10.0 Å². The third kappa shape index (κ3) is 3.94. The number of anilines is 2. The van der Waals surface area contributed by atoms with Crippen LogP contribution in [0.3, 0.4) is 0 Å². The zero-order chi connectivity index (χ0) is 22.2. The predicted molar refractivity (Wildman–Crippen MR) is 119 cm³/mol. The summed E-state index contributed by atoms with van der Waals surface area (Å²) in [5, 5.41) is 7.03. The van der Waals surface area contributed by atoms with Gasteiger partial charge in [0.1, 0.15) is 5.52 Å². The lowest BCUT2D eigenvalue weighted by atomic mass is 10.1. The van der Waals surface area contributed by atoms with Crippen LogP contribution in [0, 0.1) is 0 Å². The lowest BCUT2D eigenvalue weighted by molar-refractivity contribution is 0.354. The second kappa shape index (κ2) is 7.97. The molecule has 0 aliphatic rings. The molecule has 0 fully saturated rings. The van der Waals surface area contributed by atoms with Crippen LogP contribution < -0.4 is 19.9 Å². The fraction of sp³-hybridized carbons (Fsp3) is 0.100. The third-order valence-corrected chi connectivity index (χ3v) is 6.29. The molecule has 4 aromatic rings. The van der Waals surface area contributed by atoms with Crippen molar-refractivity contribution < 1.29 is 17.9 Å². The van der Waals surface area contributed by atoms with Crippen LogP contribution in [0.2, 0.25) is 5.02 Å². The summed E-state index contributed by atoms with van der Waals surface area (Å²) < 4.78 is 38.4. The number of methoxy groups -OCH3 is 2. The van der Waals surface area contributed by atoms with Gasteiger partial charge in [-0.05, 0) is 42.5 Å². The number of benzene rings is 2. The monoisotopic (exact) mass is 459 g/mol. The van der Waals surface area contributed by atoms with E-state index < -0.39 is 10.0 Å².